The van der Waals surface area contributed by atoms with E-state index >= 15 is 0 Å². The Morgan fingerprint density at radius 1 is 0.886 bits per heavy atom. The quantitative estimate of drug-likeness (QED) is 0.444. The zero-order valence-electron chi connectivity index (χ0n) is 20.5. The summed E-state index contributed by atoms with van der Waals surface area (Å²) in [6, 6.07) is 16.5. The molecule has 0 aliphatic carbocycles. The summed E-state index contributed by atoms with van der Waals surface area (Å²) in [6.45, 7) is 5.80. The number of para-hydroxylation sites is 1. The molecule has 4 rings (SSSR count). The van der Waals surface area contributed by atoms with Gasteiger partial charge in [0.05, 0.1) is 25.7 Å². The predicted octanol–water partition coefficient (Wildman–Crippen LogP) is 3.30. The fourth-order valence-corrected chi connectivity index (χ4v) is 6.00. The van der Waals surface area contributed by atoms with Crippen LogP contribution in [0.1, 0.15) is 21.7 Å². The molecule has 8 nitrogen and oxygen atoms in total. The van der Waals surface area contributed by atoms with Gasteiger partial charge >= 0.3 is 0 Å². The Hall–Kier alpha value is -3.14. The summed E-state index contributed by atoms with van der Waals surface area (Å²) < 4.78 is 40.3. The summed E-state index contributed by atoms with van der Waals surface area (Å²) in [5.74, 6) is 0.879. The molecule has 1 aliphatic heterocycles. The van der Waals surface area contributed by atoms with E-state index in [-0.39, 0.29) is 17.2 Å². The molecule has 0 N–H and O–H groups in total. The van der Waals surface area contributed by atoms with Gasteiger partial charge in [-0.05, 0) is 44.2 Å². The fourth-order valence-electron chi connectivity index (χ4n) is 4.56. The molecule has 2 aromatic carbocycles. The number of hydrogen-bond acceptors (Lipinski definition) is 6. The molecule has 0 spiro atoms. The van der Waals surface area contributed by atoms with Gasteiger partial charge in [-0.25, -0.2) is 8.42 Å². The summed E-state index contributed by atoms with van der Waals surface area (Å²) >= 11 is 0. The lowest BCUT2D eigenvalue weighted by Crippen LogP contribution is -2.49. The number of rotatable bonds is 8. The van der Waals surface area contributed by atoms with Crippen LogP contribution < -0.4 is 9.47 Å². The van der Waals surface area contributed by atoms with Crippen LogP contribution in [0, 0.1) is 13.8 Å². The van der Waals surface area contributed by atoms with E-state index in [4.69, 9.17) is 9.47 Å². The number of nitrogens with zero attached hydrogens (tertiary/aromatic N) is 3. The zero-order chi connectivity index (χ0) is 25.2. The molecule has 0 saturated carbocycles. The molecule has 0 unspecified atom stereocenters. The third-order valence-corrected chi connectivity index (χ3v) is 8.33. The van der Waals surface area contributed by atoms with Crippen molar-refractivity contribution in [3.05, 3.63) is 71.5 Å². The van der Waals surface area contributed by atoms with E-state index in [9.17, 15) is 13.2 Å². The molecule has 1 saturated heterocycles. The molecule has 0 atom stereocenters. The second-order valence-electron chi connectivity index (χ2n) is 8.58. The Bertz CT molecular complexity index is 1310. The lowest BCUT2D eigenvalue weighted by atomic mass is 10.1. The fraction of sp³-hybridized carbons (Fsp3) is 0.346. The maximum absolute atomic E-state index is 13.2. The number of carbonyl (C=O) groups excluding carboxylic acids is 1. The second-order valence-corrected chi connectivity index (χ2v) is 10.5. The molecule has 1 aromatic heterocycles. The summed E-state index contributed by atoms with van der Waals surface area (Å²) in [5, 5.41) is 0. The molecule has 1 aliphatic rings. The molecule has 9 heteroatoms. The summed E-state index contributed by atoms with van der Waals surface area (Å²) in [4.78, 5) is 15.3. The van der Waals surface area contributed by atoms with Crippen molar-refractivity contribution >= 4 is 15.8 Å². The molecule has 2 heterocycles. The van der Waals surface area contributed by atoms with Crippen LogP contribution >= 0.6 is 0 Å². The lowest BCUT2D eigenvalue weighted by Gasteiger charge is -2.33. The number of ketones is 1. The van der Waals surface area contributed by atoms with E-state index in [2.05, 4.69) is 4.57 Å². The number of aromatic nitrogens is 1. The zero-order valence-corrected chi connectivity index (χ0v) is 21.3. The minimum absolute atomic E-state index is 0.0384. The Kier molecular flexibility index (Phi) is 7.30. The van der Waals surface area contributed by atoms with Crippen LogP contribution in [0.25, 0.3) is 5.69 Å². The van der Waals surface area contributed by atoms with Crippen LogP contribution in [0.3, 0.4) is 0 Å². The van der Waals surface area contributed by atoms with Gasteiger partial charge in [-0.1, -0.05) is 18.2 Å². The SMILES string of the molecule is COc1ccc(S(=O)(=O)N2CCN(CC(=O)c3cc(C)n(-c4ccccc4)c3C)CC2)cc1OC. The van der Waals surface area contributed by atoms with Crippen molar-refractivity contribution in [2.24, 2.45) is 0 Å². The van der Waals surface area contributed by atoms with Gasteiger partial charge in [0.15, 0.2) is 17.3 Å². The van der Waals surface area contributed by atoms with Crippen molar-refractivity contribution in [3.63, 3.8) is 0 Å². The second kappa shape index (κ2) is 10.2. The maximum atomic E-state index is 13.2. The average molecular weight is 498 g/mol. The Morgan fingerprint density at radius 3 is 2.17 bits per heavy atom. The van der Waals surface area contributed by atoms with Crippen LogP contribution in [0.15, 0.2) is 59.5 Å². The smallest absolute Gasteiger partial charge is 0.243 e. The van der Waals surface area contributed by atoms with Crippen molar-refractivity contribution in [1.29, 1.82) is 0 Å². The Morgan fingerprint density at radius 2 is 1.54 bits per heavy atom. The van der Waals surface area contributed by atoms with Crippen LogP contribution in [-0.2, 0) is 10.0 Å². The van der Waals surface area contributed by atoms with Gasteiger partial charge in [0.1, 0.15) is 0 Å². The number of carbonyl (C=O) groups is 1. The number of benzene rings is 2. The first-order chi connectivity index (χ1) is 16.8. The largest absolute Gasteiger partial charge is 0.493 e. The van der Waals surface area contributed by atoms with Crippen molar-refractivity contribution in [2.45, 2.75) is 18.7 Å². The first-order valence-corrected chi connectivity index (χ1v) is 12.9. The van der Waals surface area contributed by atoms with Crippen molar-refractivity contribution in [2.75, 3.05) is 46.9 Å². The Balaban J connectivity index is 1.42. The summed E-state index contributed by atoms with van der Waals surface area (Å²) in [5.41, 5.74) is 3.64. The number of Topliss-reactive ketones (excluding diaryl/α,β-unsaturated/α-hetero) is 1. The van der Waals surface area contributed by atoms with Gasteiger partial charge in [0.2, 0.25) is 10.0 Å². The Labute approximate surface area is 206 Å². The number of aryl methyl sites for hydroxylation is 1. The number of piperazine rings is 1. The molecule has 186 valence electrons. The highest BCUT2D eigenvalue weighted by molar-refractivity contribution is 7.89. The topological polar surface area (TPSA) is 81.1 Å². The first kappa shape index (κ1) is 25.0. The molecular formula is C26H31N3O5S. The van der Waals surface area contributed by atoms with E-state index in [1.165, 1.54) is 30.7 Å². The summed E-state index contributed by atoms with van der Waals surface area (Å²) in [6.07, 6.45) is 0. The highest BCUT2D eigenvalue weighted by atomic mass is 32.2. The van der Waals surface area contributed by atoms with E-state index < -0.39 is 10.0 Å². The van der Waals surface area contributed by atoms with E-state index in [1.54, 1.807) is 6.07 Å². The molecule has 35 heavy (non-hydrogen) atoms. The van der Waals surface area contributed by atoms with Crippen molar-refractivity contribution in [3.8, 4) is 17.2 Å². The minimum Gasteiger partial charge on any atom is -0.493 e. The monoisotopic (exact) mass is 497 g/mol. The normalized spacial score (nSPS) is 15.2. The number of sulfonamides is 1. The number of hydrogen-bond donors (Lipinski definition) is 0. The number of methoxy groups -OCH3 is 2. The first-order valence-electron chi connectivity index (χ1n) is 11.5. The van der Waals surface area contributed by atoms with Gasteiger partial charge in [0.25, 0.3) is 0 Å². The van der Waals surface area contributed by atoms with E-state index in [0.717, 1.165) is 17.1 Å². The van der Waals surface area contributed by atoms with E-state index in [0.29, 0.717) is 43.2 Å². The highest BCUT2D eigenvalue weighted by Crippen LogP contribution is 2.31. The summed E-state index contributed by atoms with van der Waals surface area (Å²) in [7, 11) is -0.701. The molecule has 0 amide bonds. The molecule has 0 radical (unpaired) electrons. The van der Waals surface area contributed by atoms with E-state index in [1.807, 2.05) is 55.1 Å². The van der Waals surface area contributed by atoms with Gasteiger partial charge in [-0.3, -0.25) is 9.69 Å². The van der Waals surface area contributed by atoms with Gasteiger partial charge in [0, 0.05) is 54.9 Å². The van der Waals surface area contributed by atoms with Gasteiger partial charge in [-0.15, -0.1) is 0 Å². The standard InChI is InChI=1S/C26H31N3O5S/c1-19-16-23(20(2)29(19)21-8-6-5-7-9-21)24(30)18-27-12-14-28(15-13-27)35(31,32)22-10-11-25(33-3)26(17-22)34-4/h5-11,16-17H,12-15,18H2,1-4H3. The average Bonchev–Trinajstić information content (AvgIpc) is 3.18. The van der Waals surface area contributed by atoms with Gasteiger partial charge in [-0.2, -0.15) is 4.31 Å². The minimum atomic E-state index is -3.68. The lowest BCUT2D eigenvalue weighted by molar-refractivity contribution is 0.0901. The third-order valence-electron chi connectivity index (χ3n) is 6.44. The van der Waals surface area contributed by atoms with Crippen LogP contribution in [0.4, 0.5) is 0 Å². The highest BCUT2D eigenvalue weighted by Gasteiger charge is 2.30. The third kappa shape index (κ3) is 4.98. The predicted molar refractivity (Wildman–Crippen MR) is 134 cm³/mol. The van der Waals surface area contributed by atoms with Crippen LogP contribution in [0.2, 0.25) is 0 Å². The molecule has 1 fully saturated rings. The maximum Gasteiger partial charge on any atom is 0.243 e. The van der Waals surface area contributed by atoms with Crippen LogP contribution in [0.5, 0.6) is 11.5 Å². The molecule has 0 bridgehead atoms. The van der Waals surface area contributed by atoms with Crippen molar-refractivity contribution in [1.82, 2.24) is 13.8 Å². The molecular weight excluding hydrogens is 466 g/mol. The number of ether oxygens (including phenoxy) is 2. The van der Waals surface area contributed by atoms with Crippen LogP contribution in [-0.4, -0.2) is 74.9 Å². The van der Waals surface area contributed by atoms with Gasteiger partial charge < -0.3 is 14.0 Å². The molecule has 3 aromatic rings. The van der Waals surface area contributed by atoms with Crippen molar-refractivity contribution < 1.29 is 22.7 Å².